The van der Waals surface area contributed by atoms with Crippen LogP contribution in [0.25, 0.3) is 0 Å². The van der Waals surface area contributed by atoms with Crippen molar-refractivity contribution in [1.29, 1.82) is 0 Å². The minimum Gasteiger partial charge on any atom is -0.486 e. The van der Waals surface area contributed by atoms with Gasteiger partial charge in [0, 0.05) is 7.11 Å². The van der Waals surface area contributed by atoms with Crippen molar-refractivity contribution in [3.63, 3.8) is 0 Å². The lowest BCUT2D eigenvalue weighted by molar-refractivity contribution is -0.174. The Morgan fingerprint density at radius 2 is 1.77 bits per heavy atom. The van der Waals surface area contributed by atoms with E-state index in [9.17, 15) is 18.0 Å². The molecule has 2 aromatic rings. The van der Waals surface area contributed by atoms with Crippen molar-refractivity contribution in [2.75, 3.05) is 19.5 Å². The Morgan fingerprint density at radius 1 is 1.05 bits per heavy atom. The molecule has 0 aliphatic carbocycles. The highest BCUT2D eigenvalue weighted by Crippen LogP contribution is 2.34. The average Bonchev–Trinajstić information content (AvgIpc) is 2.90. The number of esters is 2. The molecule has 11 heteroatoms. The van der Waals surface area contributed by atoms with E-state index in [1.807, 2.05) is 37.3 Å². The lowest BCUT2D eigenvalue weighted by atomic mass is 10.1. The molecule has 0 saturated carbocycles. The van der Waals surface area contributed by atoms with E-state index in [0.29, 0.717) is 29.9 Å². The molecule has 0 spiro atoms. The van der Waals surface area contributed by atoms with Gasteiger partial charge in [-0.1, -0.05) is 49.7 Å². The molecule has 10 nitrogen and oxygen atoms in total. The summed E-state index contributed by atoms with van der Waals surface area (Å²) >= 11 is 0. The number of benzene rings is 2. The van der Waals surface area contributed by atoms with Crippen LogP contribution in [-0.4, -0.2) is 63.7 Å². The Hall–Kier alpha value is -3.15. The van der Waals surface area contributed by atoms with E-state index in [4.69, 9.17) is 23.7 Å². The summed E-state index contributed by atoms with van der Waals surface area (Å²) in [5.41, 5.74) is 0.738. The van der Waals surface area contributed by atoms with E-state index in [1.165, 1.54) is 7.11 Å². The predicted molar refractivity (Wildman–Crippen MR) is 149 cm³/mol. The highest BCUT2D eigenvalue weighted by Gasteiger charge is 2.37. The maximum absolute atomic E-state index is 13.0. The van der Waals surface area contributed by atoms with Crippen LogP contribution in [0.5, 0.6) is 11.5 Å². The van der Waals surface area contributed by atoms with Crippen LogP contribution in [0.1, 0.15) is 51.7 Å². The van der Waals surface area contributed by atoms with E-state index < -0.39 is 45.8 Å². The molecule has 3 rings (SSSR count). The molecule has 1 aliphatic rings. The molecule has 0 radical (unpaired) electrons. The molecule has 40 heavy (non-hydrogen) atoms. The van der Waals surface area contributed by atoms with Gasteiger partial charge in [-0.2, -0.15) is 0 Å². The van der Waals surface area contributed by atoms with Crippen LogP contribution >= 0.6 is 0 Å². The van der Waals surface area contributed by atoms with E-state index in [1.54, 1.807) is 39.0 Å². The largest absolute Gasteiger partial charge is 0.486 e. The Morgan fingerprint density at radius 3 is 2.42 bits per heavy atom. The van der Waals surface area contributed by atoms with Crippen molar-refractivity contribution in [2.45, 2.75) is 77.4 Å². The van der Waals surface area contributed by atoms with Gasteiger partial charge in [-0.15, -0.1) is 0 Å². The SMILES string of the molecule is CCCCS(=O)(=O)NC(Cc1ccc2c(c1)OCC(C(OC)C(=O)OC(C)(C)C)O2)C(=O)OCc1ccccc1. The minimum absolute atomic E-state index is 0.0215. The van der Waals surface area contributed by atoms with E-state index in [-0.39, 0.29) is 25.4 Å². The molecule has 1 heterocycles. The third-order valence-corrected chi connectivity index (χ3v) is 7.43. The van der Waals surface area contributed by atoms with Crippen molar-refractivity contribution in [2.24, 2.45) is 0 Å². The summed E-state index contributed by atoms with van der Waals surface area (Å²) in [5.74, 6) is -0.544. The Bertz CT molecular complexity index is 1240. The summed E-state index contributed by atoms with van der Waals surface area (Å²) in [5, 5.41) is 0. The van der Waals surface area contributed by atoms with Crippen LogP contribution in [0.15, 0.2) is 48.5 Å². The smallest absolute Gasteiger partial charge is 0.339 e. The summed E-state index contributed by atoms with van der Waals surface area (Å²) in [7, 11) is -2.32. The minimum atomic E-state index is -3.71. The van der Waals surface area contributed by atoms with Crippen molar-refractivity contribution in [1.82, 2.24) is 4.72 Å². The van der Waals surface area contributed by atoms with Gasteiger partial charge in [0.05, 0.1) is 5.75 Å². The topological polar surface area (TPSA) is 126 Å². The van der Waals surface area contributed by atoms with Crippen LogP contribution in [-0.2, 0) is 46.9 Å². The number of nitrogens with one attached hydrogen (secondary N) is 1. The van der Waals surface area contributed by atoms with Crippen LogP contribution in [0.2, 0.25) is 0 Å². The van der Waals surface area contributed by atoms with Crippen LogP contribution < -0.4 is 14.2 Å². The van der Waals surface area contributed by atoms with Gasteiger partial charge in [-0.3, -0.25) is 4.79 Å². The van der Waals surface area contributed by atoms with Crippen molar-refractivity contribution < 1.29 is 41.7 Å². The molecule has 0 fully saturated rings. The Kier molecular flexibility index (Phi) is 11.0. The van der Waals surface area contributed by atoms with Crippen LogP contribution in [0.3, 0.4) is 0 Å². The molecule has 2 aromatic carbocycles. The molecule has 0 amide bonds. The zero-order chi connectivity index (χ0) is 29.3. The summed E-state index contributed by atoms with van der Waals surface area (Å²) in [6, 6.07) is 13.1. The first-order valence-electron chi connectivity index (χ1n) is 13.3. The molecule has 0 aromatic heterocycles. The van der Waals surface area contributed by atoms with Gasteiger partial charge in [-0.25, -0.2) is 17.9 Å². The van der Waals surface area contributed by atoms with Gasteiger partial charge in [0.2, 0.25) is 10.0 Å². The first kappa shape index (κ1) is 31.4. The quantitative estimate of drug-likeness (QED) is 0.356. The third kappa shape index (κ3) is 9.50. The monoisotopic (exact) mass is 577 g/mol. The second kappa shape index (κ2) is 14.0. The zero-order valence-corrected chi connectivity index (χ0v) is 24.5. The highest BCUT2D eigenvalue weighted by molar-refractivity contribution is 7.89. The van der Waals surface area contributed by atoms with Gasteiger partial charge < -0.3 is 23.7 Å². The maximum atomic E-state index is 13.0. The van der Waals surface area contributed by atoms with E-state index in [0.717, 1.165) is 5.56 Å². The van der Waals surface area contributed by atoms with E-state index >= 15 is 0 Å². The normalized spacial score (nSPS) is 16.6. The van der Waals surface area contributed by atoms with Crippen LogP contribution in [0.4, 0.5) is 0 Å². The fourth-order valence-electron chi connectivity index (χ4n) is 4.02. The predicted octanol–water partition coefficient (Wildman–Crippen LogP) is 3.56. The molecule has 3 atom stereocenters. The first-order valence-corrected chi connectivity index (χ1v) is 14.9. The second-order valence-corrected chi connectivity index (χ2v) is 12.5. The maximum Gasteiger partial charge on any atom is 0.339 e. The fourth-order valence-corrected chi connectivity index (χ4v) is 5.42. The second-order valence-electron chi connectivity index (χ2n) is 10.6. The zero-order valence-electron chi connectivity index (χ0n) is 23.7. The number of ether oxygens (including phenoxy) is 5. The van der Waals surface area contributed by atoms with Crippen LogP contribution in [0, 0.1) is 0 Å². The Balaban J connectivity index is 1.73. The highest BCUT2D eigenvalue weighted by atomic mass is 32.2. The molecule has 0 saturated heterocycles. The first-order chi connectivity index (χ1) is 18.9. The lowest BCUT2D eigenvalue weighted by Gasteiger charge is -2.32. The number of hydrogen-bond acceptors (Lipinski definition) is 9. The van der Waals surface area contributed by atoms with Crippen molar-refractivity contribution >= 4 is 22.0 Å². The molecule has 0 bridgehead atoms. The van der Waals surface area contributed by atoms with Gasteiger partial charge in [0.1, 0.15) is 24.9 Å². The van der Waals surface area contributed by atoms with Gasteiger partial charge in [0.15, 0.2) is 23.7 Å². The summed E-state index contributed by atoms with van der Waals surface area (Å²) in [6.07, 6.45) is -0.515. The molecule has 220 valence electrons. The summed E-state index contributed by atoms with van der Waals surface area (Å²) in [6.45, 7) is 7.24. The third-order valence-electron chi connectivity index (χ3n) is 5.96. The number of hydrogen-bond donors (Lipinski definition) is 1. The van der Waals surface area contributed by atoms with Gasteiger partial charge in [0.25, 0.3) is 0 Å². The Labute approximate surface area is 236 Å². The summed E-state index contributed by atoms with van der Waals surface area (Å²) in [4.78, 5) is 25.6. The van der Waals surface area contributed by atoms with Crippen molar-refractivity contribution in [3.05, 3.63) is 59.7 Å². The summed E-state index contributed by atoms with van der Waals surface area (Å²) < 4.78 is 55.9. The molecule has 1 aliphatic heterocycles. The van der Waals surface area contributed by atoms with Gasteiger partial charge in [-0.05, 0) is 56.9 Å². The van der Waals surface area contributed by atoms with E-state index in [2.05, 4.69) is 4.72 Å². The number of carbonyl (C=O) groups is 2. The van der Waals surface area contributed by atoms with Gasteiger partial charge >= 0.3 is 11.9 Å². The molecular weight excluding hydrogens is 538 g/mol. The number of sulfonamides is 1. The fraction of sp³-hybridized carbons (Fsp3) is 0.517. The average molecular weight is 578 g/mol. The number of methoxy groups -OCH3 is 1. The molecule has 1 N–H and O–H groups in total. The number of carbonyl (C=O) groups excluding carboxylic acids is 2. The number of rotatable bonds is 13. The molecule has 3 unspecified atom stereocenters. The standard InChI is InChI=1S/C29H39NO9S/c1-6-7-15-40(33,34)30-22(27(31)37-18-20-11-9-8-10-12-20)16-21-13-14-23-24(17-21)36-19-25(38-23)26(35-5)28(32)39-29(2,3)4/h8-14,17,22,25-26,30H,6-7,15-16,18-19H2,1-5H3. The van der Waals surface area contributed by atoms with Crippen molar-refractivity contribution in [3.8, 4) is 11.5 Å². The number of unbranched alkanes of at least 4 members (excludes halogenated alkanes) is 1. The lowest BCUT2D eigenvalue weighted by Crippen LogP contribution is -2.47. The number of fused-ring (bicyclic) bond motifs is 1. The molecular formula is C29H39NO9S.